The number of hydrogen-bond acceptors (Lipinski definition) is 2. The predicted molar refractivity (Wildman–Crippen MR) is 75.8 cm³/mol. The summed E-state index contributed by atoms with van der Waals surface area (Å²) in [4.78, 5) is 12.0. The molecular weight excluding hydrogens is 238 g/mol. The molecule has 3 nitrogen and oxygen atoms in total. The highest BCUT2D eigenvalue weighted by atomic mass is 16.3. The Labute approximate surface area is 114 Å². The van der Waals surface area contributed by atoms with Gasteiger partial charge >= 0.3 is 0 Å². The van der Waals surface area contributed by atoms with Gasteiger partial charge < -0.3 is 10.4 Å². The molecule has 102 valence electrons. The van der Waals surface area contributed by atoms with E-state index in [4.69, 9.17) is 0 Å². The van der Waals surface area contributed by atoms with Crippen LogP contribution in [-0.4, -0.2) is 11.0 Å². The number of carbonyl (C=O) groups is 1. The van der Waals surface area contributed by atoms with Crippen LogP contribution in [0.2, 0.25) is 0 Å². The maximum absolute atomic E-state index is 12.0. The molecule has 19 heavy (non-hydrogen) atoms. The minimum Gasteiger partial charge on any atom is -0.508 e. The zero-order valence-electron chi connectivity index (χ0n) is 11.4. The Morgan fingerprint density at radius 2 is 2.26 bits per heavy atom. The molecule has 2 rings (SSSR count). The fourth-order valence-electron chi connectivity index (χ4n) is 2.44. The Hall–Kier alpha value is -1.77. The van der Waals surface area contributed by atoms with Gasteiger partial charge in [0.1, 0.15) is 5.75 Å². The van der Waals surface area contributed by atoms with E-state index in [9.17, 15) is 9.90 Å². The summed E-state index contributed by atoms with van der Waals surface area (Å²) >= 11 is 0. The molecule has 0 saturated heterocycles. The van der Waals surface area contributed by atoms with Crippen LogP contribution in [0.3, 0.4) is 0 Å². The van der Waals surface area contributed by atoms with Gasteiger partial charge in [-0.25, -0.2) is 0 Å². The second-order valence-corrected chi connectivity index (χ2v) is 5.17. The Morgan fingerprint density at radius 1 is 1.42 bits per heavy atom. The number of nitrogens with one attached hydrogen (secondary N) is 1. The van der Waals surface area contributed by atoms with E-state index in [1.165, 1.54) is 18.4 Å². The van der Waals surface area contributed by atoms with Crippen LogP contribution in [0.15, 0.2) is 35.9 Å². The number of phenolic OH excluding ortho intramolecular Hbond substituents is 1. The Balaban J connectivity index is 1.89. The summed E-state index contributed by atoms with van der Waals surface area (Å²) in [7, 11) is 0. The van der Waals surface area contributed by atoms with Crippen LogP contribution in [-0.2, 0) is 4.79 Å². The Bertz CT molecular complexity index is 479. The quantitative estimate of drug-likeness (QED) is 0.813. The van der Waals surface area contributed by atoms with Crippen molar-refractivity contribution < 1.29 is 9.90 Å². The van der Waals surface area contributed by atoms with Crippen LogP contribution in [0.25, 0.3) is 0 Å². The summed E-state index contributed by atoms with van der Waals surface area (Å²) in [5.41, 5.74) is 2.18. The van der Waals surface area contributed by atoms with Crippen LogP contribution >= 0.6 is 0 Å². The number of hydrogen-bond donors (Lipinski definition) is 2. The molecule has 1 aromatic rings. The monoisotopic (exact) mass is 259 g/mol. The molecule has 0 aliphatic heterocycles. The molecule has 3 heteroatoms. The molecule has 0 fully saturated rings. The van der Waals surface area contributed by atoms with Crippen molar-refractivity contribution >= 4 is 5.91 Å². The van der Waals surface area contributed by atoms with E-state index in [0.29, 0.717) is 6.42 Å². The summed E-state index contributed by atoms with van der Waals surface area (Å²) in [5.74, 6) is 0.289. The number of amides is 1. The molecule has 0 bridgehead atoms. The molecular formula is C16H21NO2. The third-order valence-electron chi connectivity index (χ3n) is 3.52. The van der Waals surface area contributed by atoms with Crippen LogP contribution in [0.1, 0.15) is 50.6 Å². The van der Waals surface area contributed by atoms with Gasteiger partial charge in [0.15, 0.2) is 0 Å². The second kappa shape index (κ2) is 6.41. The second-order valence-electron chi connectivity index (χ2n) is 5.17. The molecule has 1 aromatic carbocycles. The largest absolute Gasteiger partial charge is 0.508 e. The van der Waals surface area contributed by atoms with Crippen molar-refractivity contribution in [1.82, 2.24) is 5.32 Å². The standard InChI is InChI=1S/C16H21NO2/c1-12(14-8-5-9-15(18)11-14)17-16(19)10-13-6-3-2-4-7-13/h5-6,8-9,11-12,18H,2-4,7,10H2,1H3,(H,17,19). The number of benzene rings is 1. The van der Waals surface area contributed by atoms with Gasteiger partial charge in [0.05, 0.1) is 6.04 Å². The summed E-state index contributed by atoms with van der Waals surface area (Å²) in [6, 6.07) is 6.93. The first kappa shape index (κ1) is 13.7. The van der Waals surface area contributed by atoms with E-state index < -0.39 is 0 Å². The van der Waals surface area contributed by atoms with Gasteiger partial charge in [-0.05, 0) is 50.3 Å². The third kappa shape index (κ3) is 4.12. The van der Waals surface area contributed by atoms with Crippen molar-refractivity contribution in [2.45, 2.75) is 45.1 Å². The van der Waals surface area contributed by atoms with E-state index in [1.54, 1.807) is 18.2 Å². The fraction of sp³-hybridized carbons (Fsp3) is 0.438. The number of carbonyl (C=O) groups excluding carboxylic acids is 1. The average Bonchev–Trinajstić information content (AvgIpc) is 2.39. The first-order valence-electron chi connectivity index (χ1n) is 6.91. The van der Waals surface area contributed by atoms with E-state index in [-0.39, 0.29) is 17.7 Å². The van der Waals surface area contributed by atoms with Crippen LogP contribution in [0.5, 0.6) is 5.75 Å². The van der Waals surface area contributed by atoms with Crippen LogP contribution < -0.4 is 5.32 Å². The molecule has 1 atom stereocenters. The number of phenols is 1. The summed E-state index contributed by atoms with van der Waals surface area (Å²) in [5, 5.41) is 12.4. The average molecular weight is 259 g/mol. The van der Waals surface area contributed by atoms with Crippen molar-refractivity contribution in [3.8, 4) is 5.75 Å². The maximum Gasteiger partial charge on any atom is 0.224 e. The van der Waals surface area contributed by atoms with Crippen molar-refractivity contribution in [1.29, 1.82) is 0 Å². The first-order chi connectivity index (χ1) is 9.15. The summed E-state index contributed by atoms with van der Waals surface area (Å²) in [6.07, 6.45) is 7.29. The Morgan fingerprint density at radius 3 is 2.95 bits per heavy atom. The predicted octanol–water partition coefficient (Wildman–Crippen LogP) is 3.46. The van der Waals surface area contributed by atoms with Gasteiger partial charge in [-0.1, -0.05) is 23.8 Å². The zero-order valence-corrected chi connectivity index (χ0v) is 11.4. The highest BCUT2D eigenvalue weighted by Crippen LogP contribution is 2.21. The fourth-order valence-corrected chi connectivity index (χ4v) is 2.44. The maximum atomic E-state index is 12.0. The van der Waals surface area contributed by atoms with Crippen LogP contribution in [0.4, 0.5) is 0 Å². The van der Waals surface area contributed by atoms with Crippen molar-refractivity contribution in [3.63, 3.8) is 0 Å². The molecule has 0 aromatic heterocycles. The van der Waals surface area contributed by atoms with Crippen molar-refractivity contribution in [2.75, 3.05) is 0 Å². The molecule has 1 aliphatic rings. The van der Waals surface area contributed by atoms with Gasteiger partial charge in [-0.2, -0.15) is 0 Å². The summed E-state index contributed by atoms with van der Waals surface area (Å²) in [6.45, 7) is 1.93. The lowest BCUT2D eigenvalue weighted by atomic mass is 9.97. The zero-order chi connectivity index (χ0) is 13.7. The number of rotatable bonds is 4. The van der Waals surface area contributed by atoms with Gasteiger partial charge in [-0.15, -0.1) is 0 Å². The van der Waals surface area contributed by atoms with Gasteiger partial charge in [0.25, 0.3) is 0 Å². The van der Waals surface area contributed by atoms with Crippen LogP contribution in [0, 0.1) is 0 Å². The Kier molecular flexibility index (Phi) is 4.61. The van der Waals surface area contributed by atoms with Gasteiger partial charge in [0, 0.05) is 6.42 Å². The van der Waals surface area contributed by atoms with Gasteiger partial charge in [0.2, 0.25) is 5.91 Å². The topological polar surface area (TPSA) is 49.3 Å². The smallest absolute Gasteiger partial charge is 0.224 e. The van der Waals surface area contributed by atoms with E-state index >= 15 is 0 Å². The minimum absolute atomic E-state index is 0.0593. The van der Waals surface area contributed by atoms with E-state index in [2.05, 4.69) is 11.4 Å². The molecule has 2 N–H and O–H groups in total. The minimum atomic E-state index is -0.0798. The van der Waals surface area contributed by atoms with Gasteiger partial charge in [-0.3, -0.25) is 4.79 Å². The molecule has 0 radical (unpaired) electrons. The normalized spacial score (nSPS) is 16.6. The highest BCUT2D eigenvalue weighted by molar-refractivity contribution is 5.79. The van der Waals surface area contributed by atoms with E-state index in [0.717, 1.165) is 18.4 Å². The summed E-state index contributed by atoms with van der Waals surface area (Å²) < 4.78 is 0. The lowest BCUT2D eigenvalue weighted by Crippen LogP contribution is -2.26. The molecule has 1 amide bonds. The van der Waals surface area contributed by atoms with Crippen molar-refractivity contribution in [2.24, 2.45) is 0 Å². The number of allylic oxidation sites excluding steroid dienone is 1. The molecule has 0 spiro atoms. The third-order valence-corrected chi connectivity index (χ3v) is 3.52. The SMILES string of the molecule is CC(NC(=O)CC1=CCCCC1)c1cccc(O)c1. The first-order valence-corrected chi connectivity index (χ1v) is 6.91. The molecule has 1 unspecified atom stereocenters. The molecule has 0 saturated carbocycles. The van der Waals surface area contributed by atoms with E-state index in [1.807, 2.05) is 13.0 Å². The highest BCUT2D eigenvalue weighted by Gasteiger charge is 2.12. The molecule has 1 aliphatic carbocycles. The molecule has 0 heterocycles. The lowest BCUT2D eigenvalue weighted by Gasteiger charge is -2.17. The number of aromatic hydroxyl groups is 1. The lowest BCUT2D eigenvalue weighted by molar-refractivity contribution is -0.121. The van der Waals surface area contributed by atoms with Crippen molar-refractivity contribution in [3.05, 3.63) is 41.5 Å².